The predicted molar refractivity (Wildman–Crippen MR) is 87.9 cm³/mol. The lowest BCUT2D eigenvalue weighted by Gasteiger charge is -2.09. The molecule has 2 heterocycles. The van der Waals surface area contributed by atoms with E-state index < -0.39 is 0 Å². The fraction of sp³-hybridized carbons (Fsp3) is 0.571. The van der Waals surface area contributed by atoms with E-state index in [1.807, 2.05) is 35.6 Å². The van der Waals surface area contributed by atoms with Gasteiger partial charge in [-0.2, -0.15) is 11.8 Å². The highest BCUT2D eigenvalue weighted by Gasteiger charge is 2.05. The van der Waals surface area contributed by atoms with Crippen molar-refractivity contribution in [3.8, 4) is 0 Å². The van der Waals surface area contributed by atoms with Crippen LogP contribution in [0, 0.1) is 0 Å². The zero-order chi connectivity index (χ0) is 14.2. The molecule has 0 saturated carbocycles. The fourth-order valence-corrected chi connectivity index (χ4v) is 2.60. The molecule has 0 amide bonds. The average molecular weight is 293 g/mol. The summed E-state index contributed by atoms with van der Waals surface area (Å²) >= 11 is 1.93. The Labute approximate surface area is 124 Å². The normalized spacial score (nSPS) is 10.9. The summed E-state index contributed by atoms with van der Waals surface area (Å²) in [5.41, 5.74) is 0.881. The Hall–Kier alpha value is -1.43. The molecule has 0 aliphatic rings. The smallest absolute Gasteiger partial charge is 0.180 e. The maximum atomic E-state index is 4.53. The highest BCUT2D eigenvalue weighted by Crippen LogP contribution is 2.16. The molecule has 5 nitrogen and oxygen atoms in total. The van der Waals surface area contributed by atoms with Gasteiger partial charge >= 0.3 is 0 Å². The number of nitrogens with one attached hydrogen (secondary N) is 2. The van der Waals surface area contributed by atoms with E-state index in [1.54, 1.807) is 6.20 Å². The van der Waals surface area contributed by atoms with Crippen LogP contribution in [0.2, 0.25) is 0 Å². The van der Waals surface area contributed by atoms with E-state index in [0.717, 1.165) is 23.8 Å². The average Bonchev–Trinajstić information content (AvgIpc) is 2.94. The van der Waals surface area contributed by atoms with Crippen molar-refractivity contribution in [3.05, 3.63) is 18.6 Å². The van der Waals surface area contributed by atoms with Crippen LogP contribution in [0.3, 0.4) is 0 Å². The van der Waals surface area contributed by atoms with Crippen molar-refractivity contribution in [2.45, 2.75) is 25.7 Å². The summed E-state index contributed by atoms with van der Waals surface area (Å²) in [7, 11) is 1.88. The Kier molecular flexibility index (Phi) is 5.98. The van der Waals surface area contributed by atoms with Crippen LogP contribution < -0.4 is 10.6 Å². The third-order valence-corrected chi connectivity index (χ3v) is 3.89. The molecule has 2 aromatic rings. The first-order chi connectivity index (χ1) is 9.85. The van der Waals surface area contributed by atoms with E-state index in [-0.39, 0.29) is 0 Å². The molecule has 0 fully saturated rings. The maximum Gasteiger partial charge on any atom is 0.180 e. The van der Waals surface area contributed by atoms with Gasteiger partial charge in [0.25, 0.3) is 0 Å². The van der Waals surface area contributed by atoms with Crippen molar-refractivity contribution in [2.75, 3.05) is 36.2 Å². The maximum absolute atomic E-state index is 4.53. The molecule has 0 saturated heterocycles. The van der Waals surface area contributed by atoms with E-state index in [1.165, 1.54) is 31.4 Å². The molecule has 0 atom stereocenters. The van der Waals surface area contributed by atoms with Crippen molar-refractivity contribution >= 4 is 29.0 Å². The van der Waals surface area contributed by atoms with Gasteiger partial charge in [0.05, 0.1) is 6.20 Å². The quantitative estimate of drug-likeness (QED) is 0.696. The number of imidazole rings is 1. The molecule has 0 spiro atoms. The van der Waals surface area contributed by atoms with Gasteiger partial charge in [-0.25, -0.2) is 9.97 Å². The van der Waals surface area contributed by atoms with Crippen LogP contribution in [0.4, 0.5) is 11.6 Å². The minimum Gasteiger partial charge on any atom is -0.372 e. The largest absolute Gasteiger partial charge is 0.372 e. The van der Waals surface area contributed by atoms with E-state index in [0.29, 0.717) is 0 Å². The number of fused-ring (bicyclic) bond motifs is 1. The predicted octanol–water partition coefficient (Wildman–Crippen LogP) is 3.11. The van der Waals surface area contributed by atoms with Gasteiger partial charge in [-0.3, -0.25) is 0 Å². The molecule has 0 radical (unpaired) electrons. The number of rotatable bonds is 9. The molecule has 0 unspecified atom stereocenters. The Bertz CT molecular complexity index is 525. The first-order valence-corrected chi connectivity index (χ1v) is 8.49. The lowest BCUT2D eigenvalue weighted by atomic mass is 10.2. The van der Waals surface area contributed by atoms with E-state index in [2.05, 4.69) is 26.9 Å². The van der Waals surface area contributed by atoms with Crippen molar-refractivity contribution < 1.29 is 0 Å². The monoisotopic (exact) mass is 293 g/mol. The zero-order valence-corrected chi connectivity index (χ0v) is 13.0. The number of thioether (sulfide) groups is 1. The van der Waals surface area contributed by atoms with Gasteiger partial charge in [0.1, 0.15) is 5.82 Å². The standard InChI is InChI=1S/C14H23N5S/c1-15-12-11-19-9-8-17-14(19)13(18-12)16-7-5-3-4-6-10-20-2/h8-9,11,15H,3-7,10H2,1-2H3,(H,16,18). The second-order valence-corrected chi connectivity index (χ2v) is 5.70. The summed E-state index contributed by atoms with van der Waals surface area (Å²) in [4.78, 5) is 8.87. The molecule has 0 bridgehead atoms. The van der Waals surface area contributed by atoms with Gasteiger partial charge in [0.15, 0.2) is 11.5 Å². The lowest BCUT2D eigenvalue weighted by molar-refractivity contribution is 0.688. The summed E-state index contributed by atoms with van der Waals surface area (Å²) in [6.07, 6.45) is 12.9. The first kappa shape index (κ1) is 15.0. The van der Waals surface area contributed by atoms with Crippen LogP contribution in [0.1, 0.15) is 25.7 Å². The third kappa shape index (κ3) is 4.03. The highest BCUT2D eigenvalue weighted by atomic mass is 32.2. The Morgan fingerprint density at radius 2 is 2.10 bits per heavy atom. The zero-order valence-electron chi connectivity index (χ0n) is 12.2. The summed E-state index contributed by atoms with van der Waals surface area (Å²) in [6.45, 7) is 0.946. The molecular formula is C14H23N5S. The van der Waals surface area contributed by atoms with Crippen molar-refractivity contribution in [1.82, 2.24) is 14.4 Å². The van der Waals surface area contributed by atoms with Crippen molar-refractivity contribution in [2.24, 2.45) is 0 Å². The van der Waals surface area contributed by atoms with Gasteiger partial charge in [0.2, 0.25) is 0 Å². The number of hydrogen-bond donors (Lipinski definition) is 2. The van der Waals surface area contributed by atoms with Crippen LogP contribution >= 0.6 is 11.8 Å². The van der Waals surface area contributed by atoms with Crippen LogP contribution in [-0.2, 0) is 0 Å². The van der Waals surface area contributed by atoms with Crippen LogP contribution in [0.15, 0.2) is 18.6 Å². The minimum absolute atomic E-state index is 0.845. The van der Waals surface area contributed by atoms with Crippen molar-refractivity contribution in [3.63, 3.8) is 0 Å². The SMILES string of the molecule is CNc1cn2ccnc2c(NCCCCCCSC)n1. The third-order valence-electron chi connectivity index (χ3n) is 3.20. The second kappa shape index (κ2) is 7.99. The molecule has 2 rings (SSSR count). The molecule has 0 aromatic carbocycles. The number of aromatic nitrogens is 3. The second-order valence-electron chi connectivity index (χ2n) is 4.72. The molecule has 0 aliphatic carbocycles. The molecule has 6 heteroatoms. The Morgan fingerprint density at radius 1 is 1.25 bits per heavy atom. The topological polar surface area (TPSA) is 54.2 Å². The van der Waals surface area contributed by atoms with Crippen molar-refractivity contribution in [1.29, 1.82) is 0 Å². The minimum atomic E-state index is 0.845. The van der Waals surface area contributed by atoms with Crippen LogP contribution in [-0.4, -0.2) is 40.0 Å². The molecule has 110 valence electrons. The molecule has 0 aliphatic heterocycles. The van der Waals surface area contributed by atoms with Crippen LogP contribution in [0.25, 0.3) is 5.65 Å². The van der Waals surface area contributed by atoms with E-state index >= 15 is 0 Å². The number of nitrogens with zero attached hydrogens (tertiary/aromatic N) is 3. The van der Waals surface area contributed by atoms with Gasteiger partial charge in [-0.05, 0) is 24.9 Å². The van der Waals surface area contributed by atoms with Gasteiger partial charge in [-0.1, -0.05) is 12.8 Å². The fourth-order valence-electron chi connectivity index (χ4n) is 2.10. The number of hydrogen-bond acceptors (Lipinski definition) is 5. The molecular weight excluding hydrogens is 270 g/mol. The summed E-state index contributed by atoms with van der Waals surface area (Å²) in [6, 6.07) is 0. The molecule has 20 heavy (non-hydrogen) atoms. The van der Waals surface area contributed by atoms with Gasteiger partial charge < -0.3 is 15.0 Å². The Morgan fingerprint density at radius 3 is 2.90 bits per heavy atom. The number of unbranched alkanes of at least 4 members (excludes halogenated alkanes) is 3. The number of anilines is 2. The highest BCUT2D eigenvalue weighted by molar-refractivity contribution is 7.98. The molecule has 2 N–H and O–H groups in total. The molecule has 2 aromatic heterocycles. The first-order valence-electron chi connectivity index (χ1n) is 7.09. The summed E-state index contributed by atoms with van der Waals surface area (Å²) in [5, 5.41) is 6.47. The van der Waals surface area contributed by atoms with Crippen LogP contribution in [0.5, 0.6) is 0 Å². The summed E-state index contributed by atoms with van der Waals surface area (Å²) in [5.74, 6) is 2.97. The Balaban J connectivity index is 1.84. The summed E-state index contributed by atoms with van der Waals surface area (Å²) < 4.78 is 1.99. The lowest BCUT2D eigenvalue weighted by Crippen LogP contribution is -2.07. The van der Waals surface area contributed by atoms with E-state index in [4.69, 9.17) is 0 Å². The van der Waals surface area contributed by atoms with E-state index in [9.17, 15) is 0 Å². The van der Waals surface area contributed by atoms with Gasteiger partial charge in [0, 0.05) is 26.0 Å². The van der Waals surface area contributed by atoms with Gasteiger partial charge in [-0.15, -0.1) is 0 Å².